The van der Waals surface area contributed by atoms with Gasteiger partial charge in [-0.05, 0) is 12.1 Å². The molecule has 0 spiro atoms. The van der Waals surface area contributed by atoms with Crippen molar-refractivity contribution in [2.75, 3.05) is 26.3 Å². The summed E-state index contributed by atoms with van der Waals surface area (Å²) in [7, 11) is 0. The Hall–Kier alpha value is -2.49. The maximum atomic E-state index is 12.2. The maximum absolute atomic E-state index is 12.2. The molecule has 1 aliphatic rings. The van der Waals surface area contributed by atoms with E-state index in [-0.39, 0.29) is 11.6 Å². The molecular formula is C17H18N4O4S. The monoisotopic (exact) mass is 374 g/mol. The van der Waals surface area contributed by atoms with Gasteiger partial charge in [0.25, 0.3) is 5.91 Å². The van der Waals surface area contributed by atoms with Gasteiger partial charge in [-0.1, -0.05) is 5.16 Å². The molecule has 9 heteroatoms. The van der Waals surface area contributed by atoms with Gasteiger partial charge in [-0.15, -0.1) is 11.3 Å². The second kappa shape index (κ2) is 7.81. The Morgan fingerprint density at radius 1 is 1.31 bits per heavy atom. The molecule has 1 fully saturated rings. The van der Waals surface area contributed by atoms with E-state index in [1.165, 1.54) is 17.6 Å². The van der Waals surface area contributed by atoms with Crippen LogP contribution in [0.25, 0.3) is 11.5 Å². The molecule has 4 rings (SSSR count). The van der Waals surface area contributed by atoms with E-state index in [0.717, 1.165) is 43.5 Å². The largest absolute Gasteiger partial charge is 0.461 e. The first kappa shape index (κ1) is 17.0. The first-order chi connectivity index (χ1) is 12.8. The number of nitrogens with zero attached hydrogens (tertiary/aromatic N) is 3. The van der Waals surface area contributed by atoms with Gasteiger partial charge in [0.15, 0.2) is 11.5 Å². The van der Waals surface area contributed by atoms with Gasteiger partial charge in [-0.3, -0.25) is 9.69 Å². The van der Waals surface area contributed by atoms with E-state index in [0.29, 0.717) is 18.1 Å². The van der Waals surface area contributed by atoms with Crippen molar-refractivity contribution in [3.05, 3.63) is 46.2 Å². The van der Waals surface area contributed by atoms with E-state index in [9.17, 15) is 4.79 Å². The van der Waals surface area contributed by atoms with Crippen molar-refractivity contribution < 1.29 is 18.5 Å². The van der Waals surface area contributed by atoms with Gasteiger partial charge in [0.1, 0.15) is 5.01 Å². The number of carbonyl (C=O) groups is 1. The van der Waals surface area contributed by atoms with Crippen LogP contribution in [0.5, 0.6) is 0 Å². The molecule has 26 heavy (non-hydrogen) atoms. The highest BCUT2D eigenvalue weighted by molar-refractivity contribution is 7.09. The van der Waals surface area contributed by atoms with E-state index < -0.39 is 0 Å². The molecule has 3 aromatic heterocycles. The number of rotatable bonds is 6. The van der Waals surface area contributed by atoms with Gasteiger partial charge in [-0.25, -0.2) is 4.98 Å². The minimum absolute atomic E-state index is 0.210. The highest BCUT2D eigenvalue weighted by Gasteiger charge is 2.16. The molecule has 0 radical (unpaired) electrons. The lowest BCUT2D eigenvalue weighted by molar-refractivity contribution is 0.0337. The molecule has 136 valence electrons. The van der Waals surface area contributed by atoms with Crippen LogP contribution in [0.3, 0.4) is 0 Å². The molecule has 0 bridgehead atoms. The zero-order valence-corrected chi connectivity index (χ0v) is 14.8. The summed E-state index contributed by atoms with van der Waals surface area (Å²) >= 11 is 1.54. The van der Waals surface area contributed by atoms with Crippen LogP contribution in [0, 0.1) is 0 Å². The number of hydrogen-bond acceptors (Lipinski definition) is 8. The molecule has 8 nitrogen and oxygen atoms in total. The highest BCUT2D eigenvalue weighted by atomic mass is 32.1. The maximum Gasteiger partial charge on any atom is 0.273 e. The number of carbonyl (C=O) groups excluding carboxylic acids is 1. The summed E-state index contributed by atoms with van der Waals surface area (Å²) in [6, 6.07) is 5.04. The quantitative estimate of drug-likeness (QED) is 0.706. The first-order valence-electron chi connectivity index (χ1n) is 8.30. The minimum Gasteiger partial charge on any atom is -0.461 e. The van der Waals surface area contributed by atoms with Crippen LogP contribution >= 0.6 is 11.3 Å². The SMILES string of the molecule is O=C(NCc1nc(CN2CCOCC2)cs1)c1cc(-c2ccco2)on1. The Morgan fingerprint density at radius 2 is 2.19 bits per heavy atom. The Labute approximate surface area is 153 Å². The molecule has 1 amide bonds. The standard InChI is InChI=1S/C17H18N4O4S/c22-17(13-8-15(25-20-13)14-2-1-5-24-14)18-9-16-19-12(11-26-16)10-21-3-6-23-7-4-21/h1-2,5,8,11H,3-4,6-7,9-10H2,(H,18,22). The number of morpholine rings is 1. The van der Waals surface area contributed by atoms with Crippen molar-refractivity contribution in [1.82, 2.24) is 20.4 Å². The average Bonchev–Trinajstić information content (AvgIpc) is 3.41. The minimum atomic E-state index is -0.309. The number of nitrogens with one attached hydrogen (secondary N) is 1. The third-order valence-corrected chi connectivity index (χ3v) is 4.89. The van der Waals surface area contributed by atoms with Gasteiger partial charge in [0, 0.05) is 31.1 Å². The summed E-state index contributed by atoms with van der Waals surface area (Å²) < 4.78 is 15.7. The predicted octanol–water partition coefficient (Wildman–Crippen LogP) is 2.15. The second-order valence-corrected chi connectivity index (χ2v) is 6.80. The fourth-order valence-electron chi connectivity index (χ4n) is 2.65. The highest BCUT2D eigenvalue weighted by Crippen LogP contribution is 2.20. The van der Waals surface area contributed by atoms with Crippen LogP contribution in [0.1, 0.15) is 21.2 Å². The van der Waals surface area contributed by atoms with E-state index in [2.05, 4.69) is 20.4 Å². The lowest BCUT2D eigenvalue weighted by Gasteiger charge is -2.25. The van der Waals surface area contributed by atoms with E-state index >= 15 is 0 Å². The molecule has 1 saturated heterocycles. The number of amides is 1. The summed E-state index contributed by atoms with van der Waals surface area (Å²) in [5.41, 5.74) is 1.23. The van der Waals surface area contributed by atoms with Gasteiger partial charge in [0.05, 0.1) is 31.7 Å². The average molecular weight is 374 g/mol. The Morgan fingerprint density at radius 3 is 3.00 bits per heavy atom. The number of hydrogen-bond donors (Lipinski definition) is 1. The van der Waals surface area contributed by atoms with E-state index in [1.54, 1.807) is 18.2 Å². The molecule has 0 saturated carbocycles. The van der Waals surface area contributed by atoms with Crippen molar-refractivity contribution in [1.29, 1.82) is 0 Å². The van der Waals surface area contributed by atoms with Crippen molar-refractivity contribution in [3.63, 3.8) is 0 Å². The van der Waals surface area contributed by atoms with Crippen molar-refractivity contribution in [2.45, 2.75) is 13.1 Å². The second-order valence-electron chi connectivity index (χ2n) is 5.86. The molecule has 0 unspecified atom stereocenters. The third kappa shape index (κ3) is 4.01. The Balaban J connectivity index is 1.30. The number of furan rings is 1. The topological polar surface area (TPSA) is 93.6 Å². The van der Waals surface area contributed by atoms with Gasteiger partial charge in [0.2, 0.25) is 5.76 Å². The molecule has 0 aliphatic carbocycles. The van der Waals surface area contributed by atoms with Gasteiger partial charge >= 0.3 is 0 Å². The van der Waals surface area contributed by atoms with E-state index in [1.807, 2.05) is 5.38 Å². The fourth-order valence-corrected chi connectivity index (χ4v) is 3.38. The van der Waals surface area contributed by atoms with Crippen molar-refractivity contribution in [2.24, 2.45) is 0 Å². The van der Waals surface area contributed by atoms with Crippen LogP contribution < -0.4 is 5.32 Å². The first-order valence-corrected chi connectivity index (χ1v) is 9.18. The molecule has 1 N–H and O–H groups in total. The van der Waals surface area contributed by atoms with Crippen LogP contribution in [0.4, 0.5) is 0 Å². The number of ether oxygens (including phenoxy) is 1. The van der Waals surface area contributed by atoms with Gasteiger partial charge in [-0.2, -0.15) is 0 Å². The van der Waals surface area contributed by atoms with Crippen LogP contribution in [0.15, 0.2) is 38.8 Å². The zero-order chi connectivity index (χ0) is 17.8. The molecule has 1 aliphatic heterocycles. The van der Waals surface area contributed by atoms with Crippen LogP contribution in [0.2, 0.25) is 0 Å². The van der Waals surface area contributed by atoms with Crippen molar-refractivity contribution >= 4 is 17.2 Å². The summed E-state index contributed by atoms with van der Waals surface area (Å²) in [6.45, 7) is 4.55. The number of aromatic nitrogens is 2. The zero-order valence-electron chi connectivity index (χ0n) is 14.0. The number of thiazole rings is 1. The molecule has 0 atom stereocenters. The summed E-state index contributed by atoms with van der Waals surface area (Å²) in [5.74, 6) is 0.642. The van der Waals surface area contributed by atoms with Gasteiger partial charge < -0.3 is 19.0 Å². The van der Waals surface area contributed by atoms with Crippen molar-refractivity contribution in [3.8, 4) is 11.5 Å². The third-order valence-electron chi connectivity index (χ3n) is 4.00. The predicted molar refractivity (Wildman–Crippen MR) is 93.6 cm³/mol. The summed E-state index contributed by atoms with van der Waals surface area (Å²) in [5, 5.41) is 9.49. The summed E-state index contributed by atoms with van der Waals surface area (Å²) in [6.07, 6.45) is 1.54. The lowest BCUT2D eigenvalue weighted by Crippen LogP contribution is -2.35. The van der Waals surface area contributed by atoms with Crippen LogP contribution in [-0.2, 0) is 17.8 Å². The van der Waals surface area contributed by atoms with Crippen LogP contribution in [-0.4, -0.2) is 47.3 Å². The normalized spacial score (nSPS) is 15.2. The fraction of sp³-hybridized carbons (Fsp3) is 0.353. The Bertz CT molecular complexity index is 852. The Kier molecular flexibility index (Phi) is 5.09. The van der Waals surface area contributed by atoms with E-state index in [4.69, 9.17) is 13.7 Å². The smallest absolute Gasteiger partial charge is 0.273 e. The summed E-state index contributed by atoms with van der Waals surface area (Å²) in [4.78, 5) is 19.1. The molecule has 4 heterocycles. The molecule has 0 aromatic carbocycles. The molecule has 3 aromatic rings. The molecular weight excluding hydrogens is 356 g/mol. The lowest BCUT2D eigenvalue weighted by atomic mass is 10.3.